The molecule has 0 aliphatic rings. The maximum absolute atomic E-state index is 11.1. The molecule has 0 aliphatic heterocycles. The van der Waals surface area contributed by atoms with Gasteiger partial charge in [0.25, 0.3) is 11.8 Å². The molecule has 0 saturated heterocycles. The maximum atomic E-state index is 11.1. The molecule has 0 bridgehead atoms. The molecule has 0 aliphatic carbocycles. The minimum absolute atomic E-state index is 0.0333. The highest BCUT2D eigenvalue weighted by atomic mass is 79.9. The predicted octanol–water partition coefficient (Wildman–Crippen LogP) is 0.606. The number of ether oxygens (including phenoxy) is 1. The summed E-state index contributed by atoms with van der Waals surface area (Å²) in [6.45, 7) is 0. The van der Waals surface area contributed by atoms with Crippen LogP contribution in [0.5, 0.6) is 0 Å². The van der Waals surface area contributed by atoms with Crippen molar-refractivity contribution in [2.45, 2.75) is 0 Å². The Kier molecular flexibility index (Phi) is 2.91. The van der Waals surface area contributed by atoms with E-state index < -0.39 is 5.97 Å². The zero-order chi connectivity index (χ0) is 11.5. The molecule has 2 aromatic heterocycles. The zero-order valence-corrected chi connectivity index (χ0v) is 9.75. The van der Waals surface area contributed by atoms with Crippen molar-refractivity contribution in [3.8, 4) is 5.95 Å². The minimum Gasteiger partial charge on any atom is -0.463 e. The second-order valence-electron chi connectivity index (χ2n) is 2.71. The third kappa shape index (κ3) is 2.06. The van der Waals surface area contributed by atoms with Gasteiger partial charge in [-0.1, -0.05) is 0 Å². The number of aromatic nitrogens is 5. The van der Waals surface area contributed by atoms with Crippen LogP contribution in [0.4, 0.5) is 0 Å². The highest BCUT2D eigenvalue weighted by molar-refractivity contribution is 9.10. The molecule has 82 valence electrons. The van der Waals surface area contributed by atoms with Gasteiger partial charge >= 0.3 is 5.97 Å². The van der Waals surface area contributed by atoms with Gasteiger partial charge in [0.15, 0.2) is 0 Å². The van der Waals surface area contributed by atoms with Gasteiger partial charge in [-0.05, 0) is 15.9 Å². The van der Waals surface area contributed by atoms with E-state index in [-0.39, 0.29) is 5.82 Å². The van der Waals surface area contributed by atoms with E-state index in [9.17, 15) is 4.79 Å². The van der Waals surface area contributed by atoms with Gasteiger partial charge in [-0.3, -0.25) is 0 Å². The van der Waals surface area contributed by atoms with Crippen molar-refractivity contribution in [3.63, 3.8) is 0 Å². The molecule has 0 N–H and O–H groups in total. The van der Waals surface area contributed by atoms with Crippen LogP contribution < -0.4 is 0 Å². The van der Waals surface area contributed by atoms with E-state index in [1.807, 2.05) is 0 Å². The molecule has 0 amide bonds. The van der Waals surface area contributed by atoms with E-state index in [0.29, 0.717) is 5.95 Å². The Morgan fingerprint density at radius 2 is 2.06 bits per heavy atom. The van der Waals surface area contributed by atoms with Gasteiger partial charge in [0.2, 0.25) is 0 Å². The molecule has 0 unspecified atom stereocenters. The van der Waals surface area contributed by atoms with Gasteiger partial charge < -0.3 is 4.74 Å². The van der Waals surface area contributed by atoms with Crippen LogP contribution in [-0.4, -0.2) is 37.8 Å². The molecule has 2 rings (SSSR count). The van der Waals surface area contributed by atoms with E-state index in [0.717, 1.165) is 4.47 Å². The van der Waals surface area contributed by atoms with Crippen LogP contribution in [0.3, 0.4) is 0 Å². The molecule has 16 heavy (non-hydrogen) atoms. The van der Waals surface area contributed by atoms with Crippen LogP contribution in [0, 0.1) is 0 Å². The van der Waals surface area contributed by atoms with Crippen molar-refractivity contribution >= 4 is 21.9 Å². The number of esters is 1. The van der Waals surface area contributed by atoms with E-state index in [4.69, 9.17) is 0 Å². The van der Waals surface area contributed by atoms with Crippen molar-refractivity contribution in [1.82, 2.24) is 24.7 Å². The van der Waals surface area contributed by atoms with Crippen molar-refractivity contribution in [2.24, 2.45) is 0 Å². The summed E-state index contributed by atoms with van der Waals surface area (Å²) in [5.74, 6) is -0.310. The Balaban J connectivity index is 2.31. The van der Waals surface area contributed by atoms with Crippen LogP contribution >= 0.6 is 15.9 Å². The summed E-state index contributed by atoms with van der Waals surface area (Å²) in [6.07, 6.45) is 4.49. The number of carbonyl (C=O) groups is 1. The lowest BCUT2D eigenvalue weighted by Gasteiger charge is -1.96. The van der Waals surface area contributed by atoms with Gasteiger partial charge in [-0.15, -0.1) is 5.10 Å². The third-order valence-corrected chi connectivity index (χ3v) is 2.08. The topological polar surface area (TPSA) is 82.8 Å². The Morgan fingerprint density at radius 1 is 1.38 bits per heavy atom. The SMILES string of the molecule is COC(=O)c1ncn(-c2ncc(Br)cn2)n1. The zero-order valence-electron chi connectivity index (χ0n) is 8.16. The molecule has 0 radical (unpaired) electrons. The molecule has 0 aromatic carbocycles. The van der Waals surface area contributed by atoms with Crippen molar-refractivity contribution < 1.29 is 9.53 Å². The molecule has 0 spiro atoms. The Morgan fingerprint density at radius 3 is 2.69 bits per heavy atom. The quantitative estimate of drug-likeness (QED) is 0.751. The first-order valence-corrected chi connectivity index (χ1v) is 4.98. The van der Waals surface area contributed by atoms with Gasteiger partial charge in [0, 0.05) is 12.4 Å². The third-order valence-electron chi connectivity index (χ3n) is 1.67. The number of rotatable bonds is 2. The largest absolute Gasteiger partial charge is 0.463 e. The average Bonchev–Trinajstić information content (AvgIpc) is 2.78. The highest BCUT2D eigenvalue weighted by Gasteiger charge is 2.12. The summed E-state index contributed by atoms with van der Waals surface area (Å²) in [4.78, 5) is 22.9. The number of methoxy groups -OCH3 is 1. The van der Waals surface area contributed by atoms with Gasteiger partial charge in [-0.2, -0.15) is 4.68 Å². The first-order valence-electron chi connectivity index (χ1n) is 4.18. The van der Waals surface area contributed by atoms with Crippen LogP contribution in [-0.2, 0) is 4.74 Å². The van der Waals surface area contributed by atoms with Gasteiger partial charge in [0.1, 0.15) is 6.33 Å². The average molecular weight is 284 g/mol. The summed E-state index contributed by atoms with van der Waals surface area (Å²) < 4.78 is 6.52. The fraction of sp³-hybridized carbons (Fsp3) is 0.125. The smallest absolute Gasteiger partial charge is 0.377 e. The number of nitrogens with zero attached hydrogens (tertiary/aromatic N) is 5. The van der Waals surface area contributed by atoms with E-state index in [1.165, 1.54) is 18.1 Å². The summed E-state index contributed by atoms with van der Waals surface area (Å²) in [7, 11) is 1.26. The molecule has 7 nitrogen and oxygen atoms in total. The first kappa shape index (κ1) is 10.7. The number of hydrogen-bond acceptors (Lipinski definition) is 6. The van der Waals surface area contributed by atoms with Crippen LogP contribution in [0.2, 0.25) is 0 Å². The van der Waals surface area contributed by atoms with E-state index in [2.05, 4.69) is 40.7 Å². The predicted molar refractivity (Wildman–Crippen MR) is 56.0 cm³/mol. The monoisotopic (exact) mass is 283 g/mol. The highest BCUT2D eigenvalue weighted by Crippen LogP contribution is 2.06. The van der Waals surface area contributed by atoms with Crippen molar-refractivity contribution in [3.05, 3.63) is 29.0 Å². The summed E-state index contributed by atoms with van der Waals surface area (Å²) in [5, 5.41) is 3.87. The van der Waals surface area contributed by atoms with Gasteiger partial charge in [-0.25, -0.2) is 19.7 Å². The molecule has 0 fully saturated rings. The fourth-order valence-corrected chi connectivity index (χ4v) is 1.17. The molecule has 8 heteroatoms. The summed E-state index contributed by atoms with van der Waals surface area (Å²) >= 11 is 3.21. The number of hydrogen-bond donors (Lipinski definition) is 0. The van der Waals surface area contributed by atoms with Crippen molar-refractivity contribution in [1.29, 1.82) is 0 Å². The first-order chi connectivity index (χ1) is 7.70. The Labute approximate surface area is 98.6 Å². The summed E-state index contributed by atoms with van der Waals surface area (Å²) in [6, 6.07) is 0. The fourth-order valence-electron chi connectivity index (χ4n) is 0.968. The van der Waals surface area contributed by atoms with Crippen LogP contribution in [0.1, 0.15) is 10.6 Å². The van der Waals surface area contributed by atoms with Crippen LogP contribution in [0.15, 0.2) is 23.2 Å². The lowest BCUT2D eigenvalue weighted by atomic mass is 10.6. The lowest BCUT2D eigenvalue weighted by molar-refractivity contribution is 0.0587. The molecule has 2 heterocycles. The Hall–Kier alpha value is -1.83. The van der Waals surface area contributed by atoms with E-state index >= 15 is 0 Å². The number of carbonyl (C=O) groups excluding carboxylic acids is 1. The standard InChI is InChI=1S/C8H6BrN5O2/c1-16-7(15)6-12-4-14(13-6)8-10-2-5(9)3-11-8/h2-4H,1H3. The minimum atomic E-state index is -0.601. The van der Waals surface area contributed by atoms with Crippen LogP contribution in [0.25, 0.3) is 5.95 Å². The Bertz CT molecular complexity index is 509. The summed E-state index contributed by atoms with van der Waals surface area (Å²) in [5.41, 5.74) is 0. The maximum Gasteiger partial charge on any atom is 0.377 e. The second kappa shape index (κ2) is 4.35. The molecule has 0 saturated carbocycles. The molecular weight excluding hydrogens is 278 g/mol. The van der Waals surface area contributed by atoms with Crippen molar-refractivity contribution in [2.75, 3.05) is 7.11 Å². The normalized spacial score (nSPS) is 10.1. The lowest BCUT2D eigenvalue weighted by Crippen LogP contribution is -2.06. The van der Waals surface area contributed by atoms with E-state index in [1.54, 1.807) is 12.4 Å². The molecule has 2 aromatic rings. The van der Waals surface area contributed by atoms with Gasteiger partial charge in [0.05, 0.1) is 11.6 Å². The second-order valence-corrected chi connectivity index (χ2v) is 3.62. The molecule has 0 atom stereocenters. The molecular formula is C8H6BrN5O2. The number of halogens is 1.